The number of carbonyl (C=O) groups is 2. The van der Waals surface area contributed by atoms with Crippen molar-refractivity contribution in [3.63, 3.8) is 0 Å². The fourth-order valence-electron chi connectivity index (χ4n) is 1.83. The van der Waals surface area contributed by atoms with Gasteiger partial charge in [-0.25, -0.2) is 19.6 Å². The maximum Gasteiger partial charge on any atom is 0.349 e. The monoisotopic (exact) mass is 492 g/mol. The molecule has 0 aliphatic heterocycles. The highest BCUT2D eigenvalue weighted by Crippen LogP contribution is 2.18. The van der Waals surface area contributed by atoms with Gasteiger partial charge in [0.05, 0.1) is 25.6 Å². The van der Waals surface area contributed by atoms with Gasteiger partial charge in [0.15, 0.2) is 8.92 Å². The molecule has 2 aromatic heterocycles. The number of nitrogens with zero attached hydrogens (tertiary/aromatic N) is 2. The maximum atomic E-state index is 11.4. The zero-order valence-corrected chi connectivity index (χ0v) is 18.9. The minimum Gasteiger partial charge on any atom is -0.462 e. The van der Waals surface area contributed by atoms with Gasteiger partial charge in [0.2, 0.25) is 0 Å². The van der Waals surface area contributed by atoms with E-state index in [0.717, 1.165) is 5.56 Å². The second kappa shape index (κ2) is 12.1. The predicted octanol–water partition coefficient (Wildman–Crippen LogP) is 4.80. The van der Waals surface area contributed by atoms with Crippen LogP contribution in [0.15, 0.2) is 46.6 Å². The summed E-state index contributed by atoms with van der Waals surface area (Å²) in [4.78, 5) is 31.4. The van der Waals surface area contributed by atoms with Crippen molar-refractivity contribution in [3.05, 3.63) is 67.0 Å². The Hall–Kier alpha value is -2.54. The van der Waals surface area contributed by atoms with Crippen LogP contribution in [0.4, 0.5) is 0 Å². The number of halogens is 1. The lowest BCUT2D eigenvalue weighted by Crippen LogP contribution is -2.01. The van der Waals surface area contributed by atoms with Crippen molar-refractivity contribution in [3.8, 4) is 11.8 Å². The molecule has 150 valence electrons. The van der Waals surface area contributed by atoms with Crippen molar-refractivity contribution < 1.29 is 19.1 Å². The number of thiazole rings is 2. The molecule has 3 aromatic rings. The van der Waals surface area contributed by atoms with Gasteiger partial charge in [0.1, 0.15) is 9.75 Å². The number of hydrogen-bond donors (Lipinski definition) is 0. The molecule has 29 heavy (non-hydrogen) atoms. The zero-order valence-electron chi connectivity index (χ0n) is 15.7. The fourth-order valence-corrected chi connectivity index (χ4v) is 3.65. The minimum atomic E-state index is -0.345. The number of rotatable bonds is 4. The first-order chi connectivity index (χ1) is 14.0. The summed E-state index contributed by atoms with van der Waals surface area (Å²) in [5.41, 5.74) is 0.922. The molecule has 0 radical (unpaired) electrons. The number of esters is 2. The molecule has 9 heteroatoms. The van der Waals surface area contributed by atoms with Gasteiger partial charge in [-0.2, -0.15) is 0 Å². The van der Waals surface area contributed by atoms with Gasteiger partial charge in [-0.15, -0.1) is 11.3 Å². The van der Waals surface area contributed by atoms with E-state index in [1.807, 2.05) is 30.3 Å². The van der Waals surface area contributed by atoms with Crippen LogP contribution in [0.1, 0.15) is 43.8 Å². The molecule has 0 spiro atoms. The highest BCUT2D eigenvalue weighted by Gasteiger charge is 2.10. The summed E-state index contributed by atoms with van der Waals surface area (Å²) in [6.45, 7) is 4.30. The summed E-state index contributed by atoms with van der Waals surface area (Å²) in [7, 11) is 0. The van der Waals surface area contributed by atoms with Gasteiger partial charge in [-0.1, -0.05) is 35.5 Å². The summed E-state index contributed by atoms with van der Waals surface area (Å²) in [5.74, 6) is 5.26. The number of hydrogen-bond acceptors (Lipinski definition) is 8. The van der Waals surface area contributed by atoms with Crippen LogP contribution in [-0.4, -0.2) is 35.1 Å². The van der Waals surface area contributed by atoms with E-state index in [1.54, 1.807) is 13.8 Å². The van der Waals surface area contributed by atoms with Gasteiger partial charge in [0, 0.05) is 5.56 Å². The molecule has 6 nitrogen and oxygen atoms in total. The van der Waals surface area contributed by atoms with E-state index >= 15 is 0 Å². The SMILES string of the molecule is CCOC(=O)c1cnc(Br)s1.CCOC(=O)c1cnc(C#Cc2ccccc2)s1. The van der Waals surface area contributed by atoms with Crippen molar-refractivity contribution in [2.45, 2.75) is 13.8 Å². The Morgan fingerprint density at radius 1 is 0.931 bits per heavy atom. The van der Waals surface area contributed by atoms with Gasteiger partial charge in [-0.3, -0.25) is 0 Å². The van der Waals surface area contributed by atoms with Crippen LogP contribution in [0.5, 0.6) is 0 Å². The highest BCUT2D eigenvalue weighted by atomic mass is 79.9. The van der Waals surface area contributed by atoms with Crippen molar-refractivity contribution in [1.29, 1.82) is 0 Å². The first-order valence-corrected chi connectivity index (χ1v) is 10.9. The number of aromatic nitrogens is 2. The van der Waals surface area contributed by atoms with E-state index < -0.39 is 0 Å². The number of ether oxygens (including phenoxy) is 2. The van der Waals surface area contributed by atoms with Gasteiger partial charge < -0.3 is 9.47 Å². The van der Waals surface area contributed by atoms with Gasteiger partial charge in [-0.05, 0) is 47.8 Å². The van der Waals surface area contributed by atoms with Crippen molar-refractivity contribution in [1.82, 2.24) is 9.97 Å². The third kappa shape index (κ3) is 7.77. The quantitative estimate of drug-likeness (QED) is 0.384. The molecule has 0 aliphatic rings. The Morgan fingerprint density at radius 2 is 1.52 bits per heavy atom. The molecule has 0 aliphatic carbocycles. The van der Waals surface area contributed by atoms with E-state index in [9.17, 15) is 9.59 Å². The average Bonchev–Trinajstić information content (AvgIpc) is 3.37. The molecule has 0 N–H and O–H groups in total. The second-order valence-electron chi connectivity index (χ2n) is 5.06. The molecule has 3 rings (SSSR count). The van der Waals surface area contributed by atoms with E-state index in [1.165, 1.54) is 35.1 Å². The average molecular weight is 493 g/mol. The molecule has 0 saturated heterocycles. The number of benzene rings is 1. The summed E-state index contributed by atoms with van der Waals surface area (Å²) < 4.78 is 10.3. The highest BCUT2D eigenvalue weighted by molar-refractivity contribution is 9.11. The molecule has 0 saturated carbocycles. The fraction of sp³-hybridized carbons (Fsp3) is 0.200. The van der Waals surface area contributed by atoms with Crippen LogP contribution in [0.2, 0.25) is 0 Å². The summed E-state index contributed by atoms with van der Waals surface area (Å²) in [6, 6.07) is 9.64. The lowest BCUT2D eigenvalue weighted by Gasteiger charge is -1.95. The van der Waals surface area contributed by atoms with Crippen LogP contribution in [0.3, 0.4) is 0 Å². The first kappa shape index (κ1) is 22.7. The molecule has 0 unspecified atom stereocenters. The standard InChI is InChI=1S/C14H11NO2S.C6H6BrNO2S/c1-2-17-14(16)12-10-15-13(18-12)9-8-11-6-4-3-5-7-11;1-2-10-5(9)4-3-8-6(7)11-4/h3-7,10H,2H2,1H3;3H,2H2,1H3. The predicted molar refractivity (Wildman–Crippen MR) is 116 cm³/mol. The minimum absolute atomic E-state index is 0.310. The van der Waals surface area contributed by atoms with Crippen LogP contribution in [0, 0.1) is 11.8 Å². The summed E-state index contributed by atoms with van der Waals surface area (Å²) in [6.07, 6.45) is 2.99. The molecule has 0 bridgehead atoms. The molecule has 1 aromatic carbocycles. The Bertz CT molecular complexity index is 1010. The third-order valence-electron chi connectivity index (χ3n) is 3.02. The van der Waals surface area contributed by atoms with E-state index in [2.05, 4.69) is 37.7 Å². The van der Waals surface area contributed by atoms with Crippen LogP contribution in [-0.2, 0) is 9.47 Å². The van der Waals surface area contributed by atoms with E-state index in [0.29, 0.717) is 31.9 Å². The molecule has 2 heterocycles. The maximum absolute atomic E-state index is 11.4. The largest absolute Gasteiger partial charge is 0.462 e. The Morgan fingerprint density at radius 3 is 2.07 bits per heavy atom. The Balaban J connectivity index is 0.000000234. The molecular formula is C20H17BrN2O4S2. The smallest absolute Gasteiger partial charge is 0.349 e. The van der Waals surface area contributed by atoms with E-state index in [-0.39, 0.29) is 11.9 Å². The summed E-state index contributed by atoms with van der Waals surface area (Å²) in [5, 5.41) is 0.613. The van der Waals surface area contributed by atoms with Crippen LogP contribution < -0.4 is 0 Å². The van der Waals surface area contributed by atoms with Crippen molar-refractivity contribution in [2.75, 3.05) is 13.2 Å². The van der Waals surface area contributed by atoms with Crippen LogP contribution >= 0.6 is 38.6 Å². The van der Waals surface area contributed by atoms with E-state index in [4.69, 9.17) is 9.47 Å². The first-order valence-electron chi connectivity index (χ1n) is 8.52. The lowest BCUT2D eigenvalue weighted by molar-refractivity contribution is 0.0522. The van der Waals surface area contributed by atoms with Crippen molar-refractivity contribution in [2.24, 2.45) is 0 Å². The van der Waals surface area contributed by atoms with Crippen molar-refractivity contribution >= 4 is 50.5 Å². The number of carbonyl (C=O) groups excluding carboxylic acids is 2. The second-order valence-corrected chi connectivity index (χ2v) is 8.40. The molecule has 0 fully saturated rings. The molecule has 0 amide bonds. The lowest BCUT2D eigenvalue weighted by atomic mass is 10.2. The van der Waals surface area contributed by atoms with Gasteiger partial charge in [0.25, 0.3) is 0 Å². The normalized spacial score (nSPS) is 9.48. The Labute approximate surface area is 185 Å². The Kier molecular flexibility index (Phi) is 9.50. The van der Waals surface area contributed by atoms with Crippen LogP contribution in [0.25, 0.3) is 0 Å². The summed E-state index contributed by atoms with van der Waals surface area (Å²) >= 11 is 5.66. The zero-order chi connectivity index (χ0) is 21.1. The third-order valence-corrected chi connectivity index (χ3v) is 5.37. The van der Waals surface area contributed by atoms with Gasteiger partial charge >= 0.3 is 11.9 Å². The molecular weight excluding hydrogens is 476 g/mol. The molecule has 0 atom stereocenters. The topological polar surface area (TPSA) is 78.4 Å².